The second-order valence-corrected chi connectivity index (χ2v) is 5.49. The molecule has 108 valence electrons. The van der Waals surface area contributed by atoms with E-state index < -0.39 is 0 Å². The van der Waals surface area contributed by atoms with Gasteiger partial charge in [-0.3, -0.25) is 4.98 Å². The van der Waals surface area contributed by atoms with E-state index in [2.05, 4.69) is 23.2 Å². The molecule has 0 aliphatic heterocycles. The third-order valence-corrected chi connectivity index (χ3v) is 3.08. The van der Waals surface area contributed by atoms with Gasteiger partial charge in [-0.15, -0.1) is 0 Å². The zero-order valence-corrected chi connectivity index (χ0v) is 12.7. The monoisotopic (exact) mass is 273 g/mol. The van der Waals surface area contributed by atoms with Crippen LogP contribution in [0.1, 0.15) is 39.0 Å². The van der Waals surface area contributed by atoms with Crippen LogP contribution >= 0.6 is 0 Å². The molecule has 1 aromatic carbocycles. The molecule has 3 heteroatoms. The predicted octanol–water partition coefficient (Wildman–Crippen LogP) is 4.08. The van der Waals surface area contributed by atoms with Crippen LogP contribution in [0.2, 0.25) is 0 Å². The van der Waals surface area contributed by atoms with Crippen LogP contribution in [0, 0.1) is 0 Å². The second kappa shape index (κ2) is 6.82. The van der Waals surface area contributed by atoms with Gasteiger partial charge >= 0.3 is 0 Å². The SMILES string of the molecule is CC(C)OCc1cccc2ccnc(COC(C)C)c12. The van der Waals surface area contributed by atoms with Crippen LogP contribution in [-0.2, 0) is 22.7 Å². The lowest BCUT2D eigenvalue weighted by molar-refractivity contribution is 0.0628. The van der Waals surface area contributed by atoms with Crippen LogP contribution in [0.3, 0.4) is 0 Å². The quantitative estimate of drug-likeness (QED) is 0.794. The summed E-state index contributed by atoms with van der Waals surface area (Å²) < 4.78 is 11.5. The van der Waals surface area contributed by atoms with Crippen molar-refractivity contribution in [1.29, 1.82) is 0 Å². The molecule has 2 rings (SSSR count). The molecule has 0 bridgehead atoms. The van der Waals surface area contributed by atoms with Crippen molar-refractivity contribution in [3.8, 4) is 0 Å². The summed E-state index contributed by atoms with van der Waals surface area (Å²) in [6.45, 7) is 9.31. The van der Waals surface area contributed by atoms with Crippen molar-refractivity contribution in [3.63, 3.8) is 0 Å². The molecule has 0 unspecified atom stereocenters. The van der Waals surface area contributed by atoms with Crippen molar-refractivity contribution in [1.82, 2.24) is 4.98 Å². The standard InChI is InChI=1S/C17H23NO2/c1-12(2)19-10-15-7-5-6-14-8-9-18-16(17(14)15)11-20-13(3)4/h5-9,12-13H,10-11H2,1-4H3. The van der Waals surface area contributed by atoms with Crippen LogP contribution in [0.4, 0.5) is 0 Å². The fraction of sp³-hybridized carbons (Fsp3) is 0.471. The third kappa shape index (κ3) is 3.78. The van der Waals surface area contributed by atoms with Gasteiger partial charge in [-0.1, -0.05) is 18.2 Å². The van der Waals surface area contributed by atoms with Gasteiger partial charge in [0.05, 0.1) is 31.1 Å². The van der Waals surface area contributed by atoms with Crippen LogP contribution in [0.15, 0.2) is 30.5 Å². The third-order valence-electron chi connectivity index (χ3n) is 3.08. The van der Waals surface area contributed by atoms with Gasteiger partial charge < -0.3 is 9.47 Å². The van der Waals surface area contributed by atoms with E-state index in [0.717, 1.165) is 11.1 Å². The van der Waals surface area contributed by atoms with Gasteiger partial charge in [0.15, 0.2) is 0 Å². The molecular formula is C17H23NO2. The van der Waals surface area contributed by atoms with Gasteiger partial charge in [0, 0.05) is 11.6 Å². The molecule has 0 atom stereocenters. The summed E-state index contributed by atoms with van der Waals surface area (Å²) in [5, 5.41) is 2.35. The van der Waals surface area contributed by atoms with Crippen molar-refractivity contribution in [3.05, 3.63) is 41.7 Å². The molecule has 1 heterocycles. The first-order valence-electron chi connectivity index (χ1n) is 7.16. The molecule has 0 spiro atoms. The minimum absolute atomic E-state index is 0.200. The molecular weight excluding hydrogens is 250 g/mol. The fourth-order valence-electron chi connectivity index (χ4n) is 2.11. The van der Waals surface area contributed by atoms with E-state index in [1.807, 2.05) is 40.0 Å². The molecule has 20 heavy (non-hydrogen) atoms. The first-order chi connectivity index (χ1) is 9.58. The number of fused-ring (bicyclic) bond motifs is 1. The van der Waals surface area contributed by atoms with Gasteiger partial charge in [-0.05, 0) is 44.7 Å². The van der Waals surface area contributed by atoms with Crippen molar-refractivity contribution in [2.45, 2.75) is 53.1 Å². The van der Waals surface area contributed by atoms with Crippen molar-refractivity contribution in [2.24, 2.45) is 0 Å². The van der Waals surface area contributed by atoms with E-state index in [-0.39, 0.29) is 12.2 Å². The average molecular weight is 273 g/mol. The number of rotatable bonds is 6. The molecule has 0 saturated heterocycles. The zero-order chi connectivity index (χ0) is 14.5. The first-order valence-corrected chi connectivity index (χ1v) is 7.16. The van der Waals surface area contributed by atoms with Gasteiger partial charge in [0.2, 0.25) is 0 Å². The number of nitrogens with zero attached hydrogens (tertiary/aromatic N) is 1. The highest BCUT2D eigenvalue weighted by atomic mass is 16.5. The Hall–Kier alpha value is -1.45. The summed E-state index contributed by atoms with van der Waals surface area (Å²) in [6, 6.07) is 8.31. The minimum atomic E-state index is 0.200. The molecule has 1 aromatic heterocycles. The number of benzene rings is 1. The maximum absolute atomic E-state index is 5.75. The molecule has 3 nitrogen and oxygen atoms in total. The van der Waals surface area contributed by atoms with E-state index in [1.165, 1.54) is 10.9 Å². The fourth-order valence-corrected chi connectivity index (χ4v) is 2.11. The number of aromatic nitrogens is 1. The lowest BCUT2D eigenvalue weighted by Crippen LogP contribution is -2.06. The highest BCUT2D eigenvalue weighted by molar-refractivity contribution is 5.87. The molecule has 0 saturated carbocycles. The van der Waals surface area contributed by atoms with Gasteiger partial charge in [0.1, 0.15) is 0 Å². The number of hydrogen-bond acceptors (Lipinski definition) is 3. The van der Waals surface area contributed by atoms with Crippen molar-refractivity contribution >= 4 is 10.8 Å². The Morgan fingerprint density at radius 3 is 2.35 bits per heavy atom. The lowest BCUT2D eigenvalue weighted by Gasteiger charge is -2.14. The number of ether oxygens (including phenoxy) is 2. The molecule has 2 aromatic rings. The van der Waals surface area contributed by atoms with Crippen LogP contribution < -0.4 is 0 Å². The first kappa shape index (κ1) is 14.9. The summed E-state index contributed by atoms with van der Waals surface area (Å²) in [6.07, 6.45) is 2.26. The predicted molar refractivity (Wildman–Crippen MR) is 81.6 cm³/mol. The normalized spacial score (nSPS) is 11.7. The van der Waals surface area contributed by atoms with Crippen molar-refractivity contribution in [2.75, 3.05) is 0 Å². The van der Waals surface area contributed by atoms with E-state index in [4.69, 9.17) is 9.47 Å². The molecule has 0 aliphatic rings. The highest BCUT2D eigenvalue weighted by Gasteiger charge is 2.09. The van der Waals surface area contributed by atoms with Crippen LogP contribution in [0.5, 0.6) is 0 Å². The van der Waals surface area contributed by atoms with E-state index >= 15 is 0 Å². The Kier molecular flexibility index (Phi) is 5.10. The molecule has 0 aliphatic carbocycles. The molecule has 0 N–H and O–H groups in total. The molecule has 0 radical (unpaired) electrons. The van der Waals surface area contributed by atoms with E-state index in [9.17, 15) is 0 Å². The lowest BCUT2D eigenvalue weighted by atomic mass is 10.0. The Labute approximate surface area is 120 Å². The van der Waals surface area contributed by atoms with Crippen LogP contribution in [-0.4, -0.2) is 17.2 Å². The van der Waals surface area contributed by atoms with E-state index in [1.54, 1.807) is 0 Å². The Balaban J connectivity index is 2.36. The molecule has 0 fully saturated rings. The summed E-state index contributed by atoms with van der Waals surface area (Å²) in [4.78, 5) is 4.49. The second-order valence-electron chi connectivity index (χ2n) is 5.49. The summed E-state index contributed by atoms with van der Waals surface area (Å²) in [5.74, 6) is 0. The number of hydrogen-bond donors (Lipinski definition) is 0. The molecule has 0 amide bonds. The average Bonchev–Trinajstić information content (AvgIpc) is 2.42. The van der Waals surface area contributed by atoms with Gasteiger partial charge in [-0.25, -0.2) is 0 Å². The van der Waals surface area contributed by atoms with Crippen LogP contribution in [0.25, 0.3) is 10.8 Å². The van der Waals surface area contributed by atoms with Crippen molar-refractivity contribution < 1.29 is 9.47 Å². The smallest absolute Gasteiger partial charge is 0.0897 e. The Bertz CT molecular complexity index is 517. The van der Waals surface area contributed by atoms with E-state index in [0.29, 0.717) is 13.2 Å². The highest BCUT2D eigenvalue weighted by Crippen LogP contribution is 2.23. The van der Waals surface area contributed by atoms with Gasteiger partial charge in [0.25, 0.3) is 0 Å². The summed E-state index contributed by atoms with van der Waals surface area (Å²) in [7, 11) is 0. The maximum atomic E-state index is 5.75. The Morgan fingerprint density at radius 1 is 0.950 bits per heavy atom. The Morgan fingerprint density at radius 2 is 1.65 bits per heavy atom. The van der Waals surface area contributed by atoms with Gasteiger partial charge in [-0.2, -0.15) is 0 Å². The summed E-state index contributed by atoms with van der Waals surface area (Å²) in [5.41, 5.74) is 2.16. The maximum Gasteiger partial charge on any atom is 0.0897 e. The summed E-state index contributed by atoms with van der Waals surface area (Å²) >= 11 is 0. The number of pyridine rings is 1. The minimum Gasteiger partial charge on any atom is -0.374 e. The zero-order valence-electron chi connectivity index (χ0n) is 12.7. The largest absolute Gasteiger partial charge is 0.374 e. The topological polar surface area (TPSA) is 31.4 Å².